The number of rotatable bonds is 7. The van der Waals surface area contributed by atoms with Gasteiger partial charge in [0.1, 0.15) is 0 Å². The predicted octanol–water partition coefficient (Wildman–Crippen LogP) is 2.79. The van der Waals surface area contributed by atoms with Crippen LogP contribution in [0.5, 0.6) is 0 Å². The molecule has 0 aromatic rings. The Labute approximate surface area is 98.1 Å². The van der Waals surface area contributed by atoms with Crippen LogP contribution in [-0.2, 0) is 11.8 Å². The SMILES string of the molecule is CCS(CC)(CC)CCSP(O)(O)=S. The molecule has 6 heteroatoms. The van der Waals surface area contributed by atoms with E-state index in [-0.39, 0.29) is 0 Å². The van der Waals surface area contributed by atoms with Crippen molar-refractivity contribution in [3.05, 3.63) is 0 Å². The highest BCUT2D eigenvalue weighted by molar-refractivity contribution is 8.67. The highest BCUT2D eigenvalue weighted by atomic mass is 32.9. The summed E-state index contributed by atoms with van der Waals surface area (Å²) in [5, 5.41) is 0. The molecule has 0 aromatic heterocycles. The zero-order chi connectivity index (χ0) is 11.2. The smallest absolute Gasteiger partial charge is 0.242 e. The zero-order valence-corrected chi connectivity index (χ0v) is 12.4. The second kappa shape index (κ2) is 6.77. The molecule has 0 saturated heterocycles. The van der Waals surface area contributed by atoms with Crippen molar-refractivity contribution in [1.29, 1.82) is 0 Å². The van der Waals surface area contributed by atoms with E-state index in [4.69, 9.17) is 9.79 Å². The molecule has 0 spiro atoms. The topological polar surface area (TPSA) is 40.5 Å². The van der Waals surface area contributed by atoms with Crippen LogP contribution in [0.3, 0.4) is 0 Å². The Morgan fingerprint density at radius 3 is 1.86 bits per heavy atom. The van der Waals surface area contributed by atoms with Crippen LogP contribution in [0.1, 0.15) is 20.8 Å². The van der Waals surface area contributed by atoms with E-state index in [2.05, 4.69) is 32.6 Å². The van der Waals surface area contributed by atoms with E-state index < -0.39 is 15.7 Å². The maximum Gasteiger partial charge on any atom is 0.242 e. The van der Waals surface area contributed by atoms with Crippen LogP contribution in [0.25, 0.3) is 0 Å². The Kier molecular flexibility index (Phi) is 7.38. The highest BCUT2D eigenvalue weighted by Gasteiger charge is 2.18. The van der Waals surface area contributed by atoms with Crippen molar-refractivity contribution < 1.29 is 9.79 Å². The second-order valence-electron chi connectivity index (χ2n) is 3.12. The van der Waals surface area contributed by atoms with Crippen molar-refractivity contribution in [2.75, 3.05) is 28.8 Å². The summed E-state index contributed by atoms with van der Waals surface area (Å²) in [7, 11) is -0.504. The summed E-state index contributed by atoms with van der Waals surface area (Å²) in [4.78, 5) is 18.2. The zero-order valence-electron chi connectivity index (χ0n) is 9.10. The Morgan fingerprint density at radius 2 is 1.57 bits per heavy atom. The molecule has 0 aliphatic heterocycles. The van der Waals surface area contributed by atoms with Crippen LogP contribution in [-0.4, -0.2) is 38.6 Å². The van der Waals surface area contributed by atoms with Gasteiger partial charge in [0.25, 0.3) is 0 Å². The van der Waals surface area contributed by atoms with E-state index in [9.17, 15) is 0 Å². The Bertz CT molecular complexity index is 192. The van der Waals surface area contributed by atoms with Gasteiger partial charge in [0, 0.05) is 5.75 Å². The highest BCUT2D eigenvalue weighted by Crippen LogP contribution is 2.54. The lowest BCUT2D eigenvalue weighted by Gasteiger charge is -2.37. The first-order chi connectivity index (χ1) is 6.39. The summed E-state index contributed by atoms with van der Waals surface area (Å²) in [6.45, 7) is 6.71. The van der Waals surface area contributed by atoms with Crippen molar-refractivity contribution in [1.82, 2.24) is 0 Å². The van der Waals surface area contributed by atoms with Crippen LogP contribution < -0.4 is 0 Å². The lowest BCUT2D eigenvalue weighted by molar-refractivity contribution is 0.502. The Morgan fingerprint density at radius 1 is 1.14 bits per heavy atom. The standard InChI is InChI=1S/C8H21O2PS3/c1-4-14(5-2,6-3)8-7-13-11(9,10)12/h4-8H2,1-3H3,(H2,9,10,12). The van der Waals surface area contributed by atoms with Gasteiger partial charge in [-0.1, -0.05) is 32.2 Å². The molecule has 0 bridgehead atoms. The Balaban J connectivity index is 4.01. The second-order valence-corrected chi connectivity index (χ2v) is 13.9. The molecule has 0 heterocycles. The van der Waals surface area contributed by atoms with Gasteiger partial charge in [-0.15, -0.1) is 0 Å². The minimum Gasteiger partial charge on any atom is -0.338 e. The van der Waals surface area contributed by atoms with E-state index >= 15 is 0 Å². The van der Waals surface area contributed by atoms with Crippen LogP contribution in [0.4, 0.5) is 0 Å². The molecule has 0 atom stereocenters. The van der Waals surface area contributed by atoms with Crippen molar-refractivity contribution >= 4 is 38.9 Å². The van der Waals surface area contributed by atoms with Crippen LogP contribution in [0.2, 0.25) is 0 Å². The molecule has 0 fully saturated rings. The molecule has 88 valence electrons. The van der Waals surface area contributed by atoms with E-state index in [1.54, 1.807) is 0 Å². The predicted molar refractivity (Wildman–Crippen MR) is 75.3 cm³/mol. The molecule has 0 radical (unpaired) electrons. The molecule has 0 aromatic carbocycles. The third kappa shape index (κ3) is 5.99. The molecule has 0 aliphatic carbocycles. The lowest BCUT2D eigenvalue weighted by atomic mass is 10.9. The van der Waals surface area contributed by atoms with Crippen LogP contribution in [0, 0.1) is 0 Å². The van der Waals surface area contributed by atoms with E-state index in [1.807, 2.05) is 0 Å². The minimum absolute atomic E-state index is 0.504. The van der Waals surface area contributed by atoms with E-state index in [0.717, 1.165) is 22.9 Å². The molecule has 0 unspecified atom stereocenters. The third-order valence-corrected chi connectivity index (χ3v) is 10.8. The summed E-state index contributed by atoms with van der Waals surface area (Å²) in [6, 6.07) is 0. The summed E-state index contributed by atoms with van der Waals surface area (Å²) in [6.07, 6.45) is 0. The van der Waals surface area contributed by atoms with Gasteiger partial charge in [-0.05, 0) is 34.8 Å². The van der Waals surface area contributed by atoms with Crippen molar-refractivity contribution in [2.45, 2.75) is 20.8 Å². The quantitative estimate of drug-likeness (QED) is 0.702. The van der Waals surface area contributed by atoms with Crippen molar-refractivity contribution in [3.8, 4) is 0 Å². The van der Waals surface area contributed by atoms with E-state index in [0.29, 0.717) is 0 Å². The summed E-state index contributed by atoms with van der Waals surface area (Å²) < 4.78 is 0. The van der Waals surface area contributed by atoms with Gasteiger partial charge in [0.05, 0.1) is 0 Å². The van der Waals surface area contributed by atoms with Gasteiger partial charge in [-0.2, -0.15) is 0 Å². The first-order valence-corrected chi connectivity index (χ1v) is 11.4. The number of hydrogen-bond acceptors (Lipinski definition) is 2. The molecule has 2 N–H and O–H groups in total. The van der Waals surface area contributed by atoms with Crippen LogP contribution >= 0.6 is 27.1 Å². The minimum atomic E-state index is -3.02. The molecule has 14 heavy (non-hydrogen) atoms. The third-order valence-electron chi connectivity index (χ3n) is 2.61. The molecular formula is C8H21O2PS3. The fourth-order valence-corrected chi connectivity index (χ4v) is 7.47. The summed E-state index contributed by atoms with van der Waals surface area (Å²) >= 11 is 5.74. The lowest BCUT2D eigenvalue weighted by Crippen LogP contribution is -2.14. The van der Waals surface area contributed by atoms with Gasteiger partial charge in [0.15, 0.2) is 0 Å². The fourth-order valence-electron chi connectivity index (χ4n) is 1.38. The maximum absolute atomic E-state index is 9.09. The van der Waals surface area contributed by atoms with Gasteiger partial charge in [-0.25, -0.2) is 10.0 Å². The average molecular weight is 276 g/mol. The average Bonchev–Trinajstić information content (AvgIpc) is 2.11. The summed E-state index contributed by atoms with van der Waals surface area (Å²) in [5.74, 6) is 5.62. The van der Waals surface area contributed by atoms with Crippen LogP contribution in [0.15, 0.2) is 0 Å². The van der Waals surface area contributed by atoms with Crippen molar-refractivity contribution in [2.24, 2.45) is 0 Å². The van der Waals surface area contributed by atoms with Gasteiger partial charge in [-0.3, -0.25) is 0 Å². The normalized spacial score (nSPS) is 14.4. The maximum atomic E-state index is 9.09. The summed E-state index contributed by atoms with van der Waals surface area (Å²) in [5.41, 5.74) is -3.02. The van der Waals surface area contributed by atoms with E-state index in [1.165, 1.54) is 17.3 Å². The molecule has 0 amide bonds. The largest absolute Gasteiger partial charge is 0.338 e. The first kappa shape index (κ1) is 15.3. The molecule has 0 aliphatic rings. The molecular weight excluding hydrogens is 255 g/mol. The monoisotopic (exact) mass is 276 g/mol. The molecule has 0 rings (SSSR count). The molecule has 2 nitrogen and oxygen atoms in total. The van der Waals surface area contributed by atoms with Crippen molar-refractivity contribution in [3.63, 3.8) is 0 Å². The Hall–Kier alpha value is 1.27. The number of hydrogen-bond donors (Lipinski definition) is 2. The van der Waals surface area contributed by atoms with Gasteiger partial charge < -0.3 is 9.79 Å². The van der Waals surface area contributed by atoms with Gasteiger partial charge in [0.2, 0.25) is 5.69 Å². The van der Waals surface area contributed by atoms with Gasteiger partial charge >= 0.3 is 0 Å². The molecule has 0 saturated carbocycles. The fraction of sp³-hybridized carbons (Fsp3) is 1.00. The first-order valence-electron chi connectivity index (χ1n) is 4.83.